The van der Waals surface area contributed by atoms with Gasteiger partial charge >= 0.3 is 0 Å². The summed E-state index contributed by atoms with van der Waals surface area (Å²) in [6.45, 7) is 0.128. The number of rotatable bonds is 3. The van der Waals surface area contributed by atoms with Crippen LogP contribution in [0.1, 0.15) is 5.69 Å². The van der Waals surface area contributed by atoms with Gasteiger partial charge in [-0.2, -0.15) is 5.10 Å². The lowest BCUT2D eigenvalue weighted by molar-refractivity contribution is 0.298. The van der Waals surface area contributed by atoms with Gasteiger partial charge < -0.3 is 9.84 Å². The van der Waals surface area contributed by atoms with Crippen molar-refractivity contribution in [2.24, 2.45) is 0 Å². The molecule has 0 fully saturated rings. The van der Waals surface area contributed by atoms with E-state index in [4.69, 9.17) is 9.84 Å². The molecule has 0 aliphatic rings. The molecule has 0 saturated carbocycles. The highest BCUT2D eigenvalue weighted by atomic mass is 16.5. The maximum Gasteiger partial charge on any atom is 0.121 e. The number of benzene rings is 1. The normalized spacial score (nSPS) is 10.7. The summed E-state index contributed by atoms with van der Waals surface area (Å²) in [5.74, 6) is 0.791. The van der Waals surface area contributed by atoms with Crippen LogP contribution in [0.3, 0.4) is 0 Å². The van der Waals surface area contributed by atoms with Crippen molar-refractivity contribution in [2.75, 3.05) is 13.7 Å². The maximum atomic E-state index is 8.83. The molecule has 74 valence electrons. The zero-order valence-corrected chi connectivity index (χ0v) is 7.95. The van der Waals surface area contributed by atoms with E-state index in [-0.39, 0.29) is 6.61 Å². The smallest absolute Gasteiger partial charge is 0.121 e. The number of nitrogens with zero attached hydrogens (tertiary/aromatic N) is 1. The van der Waals surface area contributed by atoms with E-state index in [1.165, 1.54) is 0 Å². The van der Waals surface area contributed by atoms with Crippen LogP contribution in [-0.2, 0) is 6.42 Å². The Bertz CT molecular complexity index is 437. The molecule has 4 nitrogen and oxygen atoms in total. The zero-order valence-electron chi connectivity index (χ0n) is 7.95. The average Bonchev–Trinajstić information content (AvgIpc) is 2.61. The van der Waals surface area contributed by atoms with Crippen molar-refractivity contribution in [1.29, 1.82) is 0 Å². The summed E-state index contributed by atoms with van der Waals surface area (Å²) >= 11 is 0. The van der Waals surface area contributed by atoms with Crippen molar-refractivity contribution in [3.8, 4) is 5.75 Å². The third-order valence-electron chi connectivity index (χ3n) is 2.20. The lowest BCUT2D eigenvalue weighted by Crippen LogP contribution is -1.90. The molecule has 0 unspecified atom stereocenters. The molecule has 14 heavy (non-hydrogen) atoms. The largest absolute Gasteiger partial charge is 0.497 e. The fourth-order valence-electron chi connectivity index (χ4n) is 1.48. The molecular formula is C10H12N2O2. The van der Waals surface area contributed by atoms with Crippen molar-refractivity contribution in [2.45, 2.75) is 6.42 Å². The second-order valence-electron chi connectivity index (χ2n) is 3.06. The Morgan fingerprint density at radius 3 is 3.07 bits per heavy atom. The highest BCUT2D eigenvalue weighted by molar-refractivity contribution is 5.82. The molecule has 0 amide bonds. The summed E-state index contributed by atoms with van der Waals surface area (Å²) in [6, 6.07) is 5.70. The Labute approximate surface area is 81.5 Å². The molecule has 4 heteroatoms. The third kappa shape index (κ3) is 1.44. The van der Waals surface area contributed by atoms with Gasteiger partial charge in [0.15, 0.2) is 0 Å². The van der Waals surface area contributed by atoms with Crippen LogP contribution in [0.4, 0.5) is 0 Å². The Kier molecular flexibility index (Phi) is 2.37. The van der Waals surface area contributed by atoms with E-state index in [0.29, 0.717) is 6.42 Å². The van der Waals surface area contributed by atoms with Crippen molar-refractivity contribution in [3.63, 3.8) is 0 Å². The number of methoxy groups -OCH3 is 1. The van der Waals surface area contributed by atoms with Crippen LogP contribution in [-0.4, -0.2) is 29.0 Å². The first-order valence-corrected chi connectivity index (χ1v) is 4.47. The molecule has 0 saturated heterocycles. The number of aromatic nitrogens is 2. The van der Waals surface area contributed by atoms with Crippen LogP contribution in [0.5, 0.6) is 5.75 Å². The summed E-state index contributed by atoms with van der Waals surface area (Å²) in [5, 5.41) is 16.9. The Morgan fingerprint density at radius 2 is 2.36 bits per heavy atom. The maximum absolute atomic E-state index is 8.83. The minimum atomic E-state index is 0.128. The van der Waals surface area contributed by atoms with Crippen molar-refractivity contribution in [3.05, 3.63) is 23.9 Å². The number of aromatic amines is 1. The average molecular weight is 192 g/mol. The van der Waals surface area contributed by atoms with Crippen LogP contribution in [0.2, 0.25) is 0 Å². The van der Waals surface area contributed by atoms with Gasteiger partial charge in [-0.25, -0.2) is 0 Å². The number of H-pyrrole nitrogens is 1. The van der Waals surface area contributed by atoms with Crippen LogP contribution in [0.15, 0.2) is 18.2 Å². The first kappa shape index (κ1) is 9.02. The second kappa shape index (κ2) is 3.67. The van der Waals surface area contributed by atoms with Crippen molar-refractivity contribution in [1.82, 2.24) is 10.2 Å². The van der Waals surface area contributed by atoms with Gasteiger partial charge in [0.2, 0.25) is 0 Å². The van der Waals surface area contributed by atoms with Gasteiger partial charge in [0.1, 0.15) is 5.75 Å². The third-order valence-corrected chi connectivity index (χ3v) is 2.20. The van der Waals surface area contributed by atoms with E-state index in [2.05, 4.69) is 10.2 Å². The lowest BCUT2D eigenvalue weighted by Gasteiger charge is -1.98. The molecule has 0 aliphatic carbocycles. The lowest BCUT2D eigenvalue weighted by atomic mass is 10.1. The number of nitrogens with one attached hydrogen (secondary N) is 1. The highest BCUT2D eigenvalue weighted by Gasteiger charge is 2.05. The minimum Gasteiger partial charge on any atom is -0.497 e. The van der Waals surface area contributed by atoms with Crippen LogP contribution < -0.4 is 4.74 Å². The van der Waals surface area contributed by atoms with Gasteiger partial charge in [-0.15, -0.1) is 0 Å². The van der Waals surface area contributed by atoms with E-state index in [1.54, 1.807) is 7.11 Å². The van der Waals surface area contributed by atoms with Crippen molar-refractivity contribution < 1.29 is 9.84 Å². The highest BCUT2D eigenvalue weighted by Crippen LogP contribution is 2.21. The van der Waals surface area contributed by atoms with E-state index in [1.807, 2.05) is 18.2 Å². The Balaban J connectivity index is 2.48. The zero-order chi connectivity index (χ0) is 9.97. The number of fused-ring (bicyclic) bond motifs is 1. The molecular weight excluding hydrogens is 180 g/mol. The molecule has 2 rings (SSSR count). The van der Waals surface area contributed by atoms with E-state index in [9.17, 15) is 0 Å². The summed E-state index contributed by atoms with van der Waals surface area (Å²) in [5.41, 5.74) is 1.83. The summed E-state index contributed by atoms with van der Waals surface area (Å²) in [7, 11) is 1.63. The van der Waals surface area contributed by atoms with Gasteiger partial charge in [0, 0.05) is 30.2 Å². The molecule has 1 heterocycles. The van der Waals surface area contributed by atoms with Gasteiger partial charge in [0.05, 0.1) is 12.6 Å². The van der Waals surface area contributed by atoms with Crippen LogP contribution in [0.25, 0.3) is 10.9 Å². The Morgan fingerprint density at radius 1 is 1.50 bits per heavy atom. The summed E-state index contributed by atoms with van der Waals surface area (Å²) < 4.78 is 5.09. The fraction of sp³-hybridized carbons (Fsp3) is 0.300. The predicted molar refractivity (Wildman–Crippen MR) is 53.4 cm³/mol. The van der Waals surface area contributed by atoms with E-state index < -0.39 is 0 Å². The van der Waals surface area contributed by atoms with Crippen LogP contribution in [0, 0.1) is 0 Å². The van der Waals surface area contributed by atoms with Crippen LogP contribution >= 0.6 is 0 Å². The second-order valence-corrected chi connectivity index (χ2v) is 3.06. The number of aliphatic hydroxyl groups is 1. The van der Waals surface area contributed by atoms with Gasteiger partial charge in [-0.3, -0.25) is 5.10 Å². The SMILES string of the molecule is COc1ccc2c(CCO)[nH]nc2c1. The topological polar surface area (TPSA) is 58.1 Å². The molecule has 0 spiro atoms. The molecule has 1 aromatic heterocycles. The fourth-order valence-corrected chi connectivity index (χ4v) is 1.48. The number of ether oxygens (including phenoxy) is 1. The van der Waals surface area contributed by atoms with Crippen molar-refractivity contribution >= 4 is 10.9 Å². The standard InChI is InChI=1S/C10H12N2O2/c1-14-7-2-3-8-9(4-5-13)11-12-10(8)6-7/h2-3,6,13H,4-5H2,1H3,(H,11,12). The minimum absolute atomic E-state index is 0.128. The van der Waals surface area contributed by atoms with Gasteiger partial charge in [0.25, 0.3) is 0 Å². The molecule has 0 atom stereocenters. The van der Waals surface area contributed by atoms with Gasteiger partial charge in [-0.05, 0) is 12.1 Å². The first-order valence-electron chi connectivity index (χ1n) is 4.47. The molecule has 1 aromatic carbocycles. The summed E-state index contributed by atoms with van der Waals surface area (Å²) in [4.78, 5) is 0. The summed E-state index contributed by atoms with van der Waals surface area (Å²) in [6.07, 6.45) is 0.600. The monoisotopic (exact) mass is 192 g/mol. The quantitative estimate of drug-likeness (QED) is 0.765. The predicted octanol–water partition coefficient (Wildman–Crippen LogP) is 1.11. The Hall–Kier alpha value is -1.55. The molecule has 0 aliphatic heterocycles. The van der Waals surface area contributed by atoms with E-state index >= 15 is 0 Å². The van der Waals surface area contributed by atoms with Gasteiger partial charge in [-0.1, -0.05) is 0 Å². The number of hydrogen-bond donors (Lipinski definition) is 2. The first-order chi connectivity index (χ1) is 6.85. The number of hydrogen-bond acceptors (Lipinski definition) is 3. The molecule has 2 aromatic rings. The van der Waals surface area contributed by atoms with E-state index in [0.717, 1.165) is 22.3 Å². The molecule has 0 radical (unpaired) electrons. The number of aliphatic hydroxyl groups excluding tert-OH is 1. The molecule has 0 bridgehead atoms. The molecule has 2 N–H and O–H groups in total.